The molecular weight excluding hydrogens is 166 g/mol. The van der Waals surface area contributed by atoms with Gasteiger partial charge in [0.15, 0.2) is 0 Å². The van der Waals surface area contributed by atoms with Gasteiger partial charge in [-0.2, -0.15) is 0 Å². The van der Waals surface area contributed by atoms with Crippen LogP contribution in [0.4, 0.5) is 0 Å². The fraction of sp³-hybridized carbons (Fsp3) is 0.500. The summed E-state index contributed by atoms with van der Waals surface area (Å²) in [6.45, 7) is 1.86. The van der Waals surface area contributed by atoms with Gasteiger partial charge in [0.05, 0.1) is 5.56 Å². The zero-order valence-electron chi connectivity index (χ0n) is 7.87. The van der Waals surface area contributed by atoms with Crippen LogP contribution in [0, 0.1) is 6.92 Å². The molecule has 1 aromatic rings. The lowest BCUT2D eigenvalue weighted by Gasteiger charge is -2.01. The molecule has 0 amide bonds. The third kappa shape index (κ3) is 1.24. The lowest BCUT2D eigenvalue weighted by molar-refractivity contribution is 0.0696. The maximum atomic E-state index is 10.8. The van der Waals surface area contributed by atoms with Crippen molar-refractivity contribution in [2.24, 2.45) is 7.05 Å². The fourth-order valence-corrected chi connectivity index (χ4v) is 1.71. The lowest BCUT2D eigenvalue weighted by atomic mass is 10.2. The van der Waals surface area contributed by atoms with Gasteiger partial charge in [-0.1, -0.05) is 0 Å². The molecule has 1 aliphatic rings. The molecule has 70 valence electrons. The van der Waals surface area contributed by atoms with Crippen LogP contribution in [0.15, 0.2) is 6.07 Å². The van der Waals surface area contributed by atoms with Crippen molar-refractivity contribution in [2.45, 2.75) is 25.7 Å². The van der Waals surface area contributed by atoms with E-state index in [2.05, 4.69) is 0 Å². The van der Waals surface area contributed by atoms with Gasteiger partial charge in [0.2, 0.25) is 0 Å². The van der Waals surface area contributed by atoms with E-state index in [0.717, 1.165) is 5.69 Å². The zero-order chi connectivity index (χ0) is 9.59. The molecule has 3 nitrogen and oxygen atoms in total. The third-order valence-corrected chi connectivity index (χ3v) is 2.80. The number of hydrogen-bond acceptors (Lipinski definition) is 1. The van der Waals surface area contributed by atoms with Crippen LogP contribution in [-0.2, 0) is 7.05 Å². The third-order valence-electron chi connectivity index (χ3n) is 2.80. The first-order valence-electron chi connectivity index (χ1n) is 4.50. The first-order chi connectivity index (χ1) is 6.11. The Labute approximate surface area is 77.0 Å². The van der Waals surface area contributed by atoms with Crippen molar-refractivity contribution >= 4 is 5.97 Å². The molecule has 1 N–H and O–H groups in total. The molecule has 1 fully saturated rings. The second-order valence-corrected chi connectivity index (χ2v) is 3.71. The molecule has 0 radical (unpaired) electrons. The van der Waals surface area contributed by atoms with E-state index in [9.17, 15) is 4.79 Å². The van der Waals surface area contributed by atoms with Crippen molar-refractivity contribution in [1.82, 2.24) is 4.57 Å². The normalized spacial score (nSPS) is 16.2. The molecule has 0 saturated heterocycles. The second-order valence-electron chi connectivity index (χ2n) is 3.71. The van der Waals surface area contributed by atoms with Crippen LogP contribution in [-0.4, -0.2) is 15.6 Å². The summed E-state index contributed by atoms with van der Waals surface area (Å²) in [5.41, 5.74) is 2.48. The summed E-state index contributed by atoms with van der Waals surface area (Å²) >= 11 is 0. The molecule has 1 saturated carbocycles. The Kier molecular flexibility index (Phi) is 1.68. The molecule has 3 heteroatoms. The van der Waals surface area contributed by atoms with Gasteiger partial charge in [-0.15, -0.1) is 0 Å². The summed E-state index contributed by atoms with van der Waals surface area (Å²) in [5.74, 6) is -0.211. The van der Waals surface area contributed by atoms with Crippen LogP contribution >= 0.6 is 0 Å². The number of carboxylic acids is 1. The number of aromatic carboxylic acids is 1. The van der Waals surface area contributed by atoms with Crippen LogP contribution in [0.1, 0.15) is 40.5 Å². The van der Waals surface area contributed by atoms with E-state index in [1.165, 1.54) is 18.5 Å². The minimum atomic E-state index is -0.819. The first kappa shape index (κ1) is 8.35. The number of rotatable bonds is 2. The van der Waals surface area contributed by atoms with E-state index >= 15 is 0 Å². The summed E-state index contributed by atoms with van der Waals surface area (Å²) in [4.78, 5) is 10.8. The van der Waals surface area contributed by atoms with Gasteiger partial charge in [0.1, 0.15) is 0 Å². The van der Waals surface area contributed by atoms with E-state index in [-0.39, 0.29) is 0 Å². The molecular formula is C10H13NO2. The Morgan fingerprint density at radius 1 is 1.62 bits per heavy atom. The van der Waals surface area contributed by atoms with Crippen molar-refractivity contribution in [3.63, 3.8) is 0 Å². The summed E-state index contributed by atoms with van der Waals surface area (Å²) in [7, 11) is 1.94. The molecule has 0 aliphatic heterocycles. The van der Waals surface area contributed by atoms with Crippen LogP contribution in [0.2, 0.25) is 0 Å². The molecule has 0 unspecified atom stereocenters. The van der Waals surface area contributed by atoms with Crippen molar-refractivity contribution in [1.29, 1.82) is 0 Å². The largest absolute Gasteiger partial charge is 0.478 e. The van der Waals surface area contributed by atoms with Crippen molar-refractivity contribution in [3.05, 3.63) is 23.0 Å². The highest BCUT2D eigenvalue weighted by Gasteiger charge is 2.28. The highest BCUT2D eigenvalue weighted by atomic mass is 16.4. The van der Waals surface area contributed by atoms with Crippen LogP contribution in [0.25, 0.3) is 0 Å². The smallest absolute Gasteiger partial charge is 0.337 e. The number of carboxylic acid groups (broad SMARTS) is 1. The Morgan fingerprint density at radius 3 is 2.62 bits per heavy atom. The Bertz CT molecular complexity index is 361. The number of hydrogen-bond donors (Lipinski definition) is 1. The summed E-state index contributed by atoms with van der Waals surface area (Å²) < 4.78 is 2.00. The Morgan fingerprint density at radius 2 is 2.23 bits per heavy atom. The SMILES string of the molecule is Cc1c(C(=O)O)cc(C2CC2)n1C. The van der Waals surface area contributed by atoms with Gasteiger partial charge in [-0.3, -0.25) is 0 Å². The van der Waals surface area contributed by atoms with Gasteiger partial charge < -0.3 is 9.67 Å². The number of nitrogens with zero attached hydrogens (tertiary/aromatic N) is 1. The second kappa shape index (κ2) is 2.62. The Balaban J connectivity index is 2.48. The van der Waals surface area contributed by atoms with E-state index < -0.39 is 5.97 Å². The van der Waals surface area contributed by atoms with Crippen molar-refractivity contribution in [3.8, 4) is 0 Å². The molecule has 0 bridgehead atoms. The van der Waals surface area contributed by atoms with E-state index in [0.29, 0.717) is 11.5 Å². The van der Waals surface area contributed by atoms with Gasteiger partial charge in [-0.25, -0.2) is 4.79 Å². The maximum absolute atomic E-state index is 10.8. The lowest BCUT2D eigenvalue weighted by Crippen LogP contribution is -2.00. The van der Waals surface area contributed by atoms with Gasteiger partial charge in [-0.05, 0) is 31.7 Å². The number of carbonyl (C=O) groups is 1. The van der Waals surface area contributed by atoms with E-state index in [1.54, 1.807) is 0 Å². The summed E-state index contributed by atoms with van der Waals surface area (Å²) in [6, 6.07) is 1.81. The topological polar surface area (TPSA) is 42.2 Å². The van der Waals surface area contributed by atoms with Gasteiger partial charge in [0, 0.05) is 18.4 Å². The zero-order valence-corrected chi connectivity index (χ0v) is 7.87. The molecule has 0 spiro atoms. The average Bonchev–Trinajstić information content (AvgIpc) is 2.83. The highest BCUT2D eigenvalue weighted by molar-refractivity contribution is 5.89. The molecule has 1 aliphatic carbocycles. The molecule has 1 heterocycles. The molecule has 2 rings (SSSR count). The average molecular weight is 179 g/mol. The van der Waals surface area contributed by atoms with Gasteiger partial charge in [0.25, 0.3) is 0 Å². The summed E-state index contributed by atoms with van der Waals surface area (Å²) in [5, 5.41) is 8.89. The van der Waals surface area contributed by atoms with Crippen molar-refractivity contribution < 1.29 is 9.90 Å². The molecule has 0 atom stereocenters. The van der Waals surface area contributed by atoms with Crippen LogP contribution < -0.4 is 0 Å². The van der Waals surface area contributed by atoms with Crippen LogP contribution in [0.5, 0.6) is 0 Å². The van der Waals surface area contributed by atoms with Crippen LogP contribution in [0.3, 0.4) is 0 Å². The van der Waals surface area contributed by atoms with Crippen molar-refractivity contribution in [2.75, 3.05) is 0 Å². The highest BCUT2D eigenvalue weighted by Crippen LogP contribution is 2.41. The first-order valence-corrected chi connectivity index (χ1v) is 4.50. The Hall–Kier alpha value is -1.25. The standard InChI is InChI=1S/C10H13NO2/c1-6-8(10(12)13)5-9(11(6)2)7-3-4-7/h5,7H,3-4H2,1-2H3,(H,12,13). The van der Waals surface area contributed by atoms with E-state index in [4.69, 9.17) is 5.11 Å². The monoisotopic (exact) mass is 179 g/mol. The molecule has 1 aromatic heterocycles. The molecule has 13 heavy (non-hydrogen) atoms. The molecule has 0 aromatic carbocycles. The fourth-order valence-electron chi connectivity index (χ4n) is 1.71. The maximum Gasteiger partial charge on any atom is 0.337 e. The summed E-state index contributed by atoms with van der Waals surface area (Å²) in [6.07, 6.45) is 2.41. The minimum Gasteiger partial charge on any atom is -0.478 e. The minimum absolute atomic E-state index is 0.449. The van der Waals surface area contributed by atoms with E-state index in [1.807, 2.05) is 24.6 Å². The number of aromatic nitrogens is 1. The predicted octanol–water partition coefficient (Wildman–Crippen LogP) is 1.91. The van der Waals surface area contributed by atoms with Gasteiger partial charge >= 0.3 is 5.97 Å². The predicted molar refractivity (Wildman–Crippen MR) is 49.1 cm³/mol. The quantitative estimate of drug-likeness (QED) is 0.753.